The topological polar surface area (TPSA) is 89.5 Å². The Bertz CT molecular complexity index is 1510. The first kappa shape index (κ1) is 26.1. The van der Waals surface area contributed by atoms with Gasteiger partial charge in [0.05, 0.1) is 28.1 Å². The first-order valence-corrected chi connectivity index (χ1v) is 13.3. The number of amides is 1. The minimum Gasteiger partial charge on any atom is -0.488 e. The van der Waals surface area contributed by atoms with Crippen LogP contribution in [0.25, 0.3) is 21.8 Å². The Hall–Kier alpha value is -3.53. The number of hydrogen-bond acceptors (Lipinski definition) is 7. The maximum Gasteiger partial charge on any atom is 0.410 e. The van der Waals surface area contributed by atoms with Crippen molar-refractivity contribution in [3.8, 4) is 5.75 Å². The Balaban J connectivity index is 1.48. The molecule has 198 valence electrons. The van der Waals surface area contributed by atoms with Crippen molar-refractivity contribution in [2.24, 2.45) is 0 Å². The van der Waals surface area contributed by atoms with Crippen molar-refractivity contribution in [2.45, 2.75) is 58.3 Å². The molecule has 4 aromatic rings. The van der Waals surface area contributed by atoms with E-state index in [-0.39, 0.29) is 23.9 Å². The molecule has 8 nitrogen and oxygen atoms in total. The fourth-order valence-electron chi connectivity index (χ4n) is 4.76. The van der Waals surface area contributed by atoms with Gasteiger partial charge in [0.1, 0.15) is 29.6 Å². The van der Waals surface area contributed by atoms with Gasteiger partial charge in [0, 0.05) is 22.6 Å². The molecule has 2 atom stereocenters. The standard InChI is InChI=1S/C28H29BrFN5O3/c1-16(22-8-6-12-35(22)27(36)38-28(2,3)4)37-23-14-17(29)13-21-24(23)26(33-15-32-21)34-20-10-9-19-18(25(20)30)7-5-11-31-19/h5,7,9-11,13-16,22H,6,8,12H2,1-4H3,(H,32,33,34). The highest BCUT2D eigenvalue weighted by Crippen LogP contribution is 2.37. The van der Waals surface area contributed by atoms with Gasteiger partial charge in [-0.1, -0.05) is 15.9 Å². The third-order valence-electron chi connectivity index (χ3n) is 6.42. The summed E-state index contributed by atoms with van der Waals surface area (Å²) < 4.78 is 28.2. The summed E-state index contributed by atoms with van der Waals surface area (Å²) in [6.45, 7) is 8.11. The molecule has 0 aliphatic carbocycles. The van der Waals surface area contributed by atoms with Gasteiger partial charge in [0.15, 0.2) is 5.82 Å². The summed E-state index contributed by atoms with van der Waals surface area (Å²) in [5, 5.41) is 4.14. The van der Waals surface area contributed by atoms with E-state index in [9.17, 15) is 4.79 Å². The number of pyridine rings is 1. The second-order valence-electron chi connectivity index (χ2n) is 10.3. The highest BCUT2D eigenvalue weighted by Gasteiger charge is 2.36. The molecule has 3 heterocycles. The average molecular weight is 582 g/mol. The van der Waals surface area contributed by atoms with E-state index in [4.69, 9.17) is 9.47 Å². The van der Waals surface area contributed by atoms with E-state index in [0.29, 0.717) is 39.9 Å². The molecule has 0 bridgehead atoms. The van der Waals surface area contributed by atoms with Crippen LogP contribution in [0.15, 0.2) is 53.4 Å². The predicted octanol–water partition coefficient (Wildman–Crippen LogP) is 6.99. The zero-order valence-corrected chi connectivity index (χ0v) is 23.3. The molecule has 1 amide bonds. The van der Waals surface area contributed by atoms with Crippen LogP contribution in [-0.2, 0) is 4.74 Å². The van der Waals surface area contributed by atoms with Crippen molar-refractivity contribution in [1.29, 1.82) is 0 Å². The molecular weight excluding hydrogens is 553 g/mol. The molecule has 2 aromatic carbocycles. The van der Waals surface area contributed by atoms with Crippen LogP contribution in [0.3, 0.4) is 0 Å². The zero-order chi connectivity index (χ0) is 27.0. The van der Waals surface area contributed by atoms with E-state index < -0.39 is 11.4 Å². The number of nitrogens with one attached hydrogen (secondary N) is 1. The largest absolute Gasteiger partial charge is 0.488 e. The molecule has 38 heavy (non-hydrogen) atoms. The van der Waals surface area contributed by atoms with Crippen LogP contribution >= 0.6 is 15.9 Å². The van der Waals surface area contributed by atoms with Gasteiger partial charge in [-0.05, 0) is 76.9 Å². The van der Waals surface area contributed by atoms with Crippen molar-refractivity contribution in [3.63, 3.8) is 0 Å². The number of nitrogens with zero attached hydrogens (tertiary/aromatic N) is 4. The lowest BCUT2D eigenvalue weighted by molar-refractivity contribution is 0.0113. The highest BCUT2D eigenvalue weighted by molar-refractivity contribution is 9.10. The Kier molecular flexibility index (Phi) is 7.09. The molecule has 5 rings (SSSR count). The lowest BCUT2D eigenvalue weighted by atomic mass is 10.1. The van der Waals surface area contributed by atoms with Crippen molar-refractivity contribution in [2.75, 3.05) is 11.9 Å². The van der Waals surface area contributed by atoms with Gasteiger partial charge in [-0.15, -0.1) is 0 Å². The first-order valence-electron chi connectivity index (χ1n) is 12.5. The molecule has 0 saturated carbocycles. The lowest BCUT2D eigenvalue weighted by Crippen LogP contribution is -2.46. The van der Waals surface area contributed by atoms with Crippen molar-refractivity contribution in [3.05, 3.63) is 59.2 Å². The van der Waals surface area contributed by atoms with Crippen LogP contribution < -0.4 is 10.1 Å². The SMILES string of the molecule is CC(Oc1cc(Br)cc2ncnc(Nc3ccc4ncccc4c3F)c12)C1CCCN1C(=O)OC(C)(C)C. The number of halogens is 2. The Morgan fingerprint density at radius 3 is 2.79 bits per heavy atom. The fourth-order valence-corrected chi connectivity index (χ4v) is 5.18. The fraction of sp³-hybridized carbons (Fsp3) is 0.357. The van der Waals surface area contributed by atoms with Gasteiger partial charge >= 0.3 is 6.09 Å². The monoisotopic (exact) mass is 581 g/mol. The van der Waals surface area contributed by atoms with Gasteiger partial charge < -0.3 is 19.7 Å². The molecule has 1 N–H and O–H groups in total. The quantitative estimate of drug-likeness (QED) is 0.271. The van der Waals surface area contributed by atoms with Crippen LogP contribution in [0.2, 0.25) is 0 Å². The maximum absolute atomic E-state index is 15.3. The summed E-state index contributed by atoms with van der Waals surface area (Å²) in [6.07, 6.45) is 4.02. The summed E-state index contributed by atoms with van der Waals surface area (Å²) in [5.74, 6) is 0.500. The van der Waals surface area contributed by atoms with E-state index in [0.717, 1.165) is 17.3 Å². The smallest absolute Gasteiger partial charge is 0.410 e. The first-order chi connectivity index (χ1) is 18.1. The number of anilines is 2. The number of benzene rings is 2. The van der Waals surface area contributed by atoms with Crippen molar-refractivity contribution in [1.82, 2.24) is 19.9 Å². The number of carbonyl (C=O) groups is 1. The number of aromatic nitrogens is 3. The average Bonchev–Trinajstić information content (AvgIpc) is 3.35. The lowest BCUT2D eigenvalue weighted by Gasteiger charge is -2.32. The molecule has 1 saturated heterocycles. The van der Waals surface area contributed by atoms with Gasteiger partial charge in [-0.25, -0.2) is 19.2 Å². The van der Waals surface area contributed by atoms with E-state index >= 15 is 4.39 Å². The van der Waals surface area contributed by atoms with Crippen LogP contribution in [0.1, 0.15) is 40.5 Å². The number of likely N-dealkylation sites (tertiary alicyclic amines) is 1. The third kappa shape index (κ3) is 5.36. The van der Waals surface area contributed by atoms with Crippen LogP contribution in [0.5, 0.6) is 5.75 Å². The summed E-state index contributed by atoms with van der Waals surface area (Å²) >= 11 is 3.54. The van der Waals surface area contributed by atoms with Gasteiger partial charge in [-0.3, -0.25) is 4.98 Å². The highest BCUT2D eigenvalue weighted by atomic mass is 79.9. The summed E-state index contributed by atoms with van der Waals surface area (Å²) in [7, 11) is 0. The van der Waals surface area contributed by atoms with Crippen molar-refractivity contribution < 1.29 is 18.7 Å². The van der Waals surface area contributed by atoms with Crippen molar-refractivity contribution >= 4 is 55.3 Å². The molecule has 0 spiro atoms. The number of ether oxygens (including phenoxy) is 2. The second kappa shape index (κ2) is 10.3. The van der Waals surface area contributed by atoms with E-state index in [1.54, 1.807) is 35.4 Å². The van der Waals surface area contributed by atoms with Gasteiger partial charge in [0.25, 0.3) is 0 Å². The number of hydrogen-bond donors (Lipinski definition) is 1. The van der Waals surface area contributed by atoms with E-state index in [1.165, 1.54) is 6.33 Å². The minimum absolute atomic E-state index is 0.162. The molecule has 0 radical (unpaired) electrons. The summed E-state index contributed by atoms with van der Waals surface area (Å²) in [5.41, 5.74) is 0.869. The zero-order valence-electron chi connectivity index (χ0n) is 21.7. The Morgan fingerprint density at radius 1 is 1.18 bits per heavy atom. The second-order valence-corrected chi connectivity index (χ2v) is 11.3. The van der Waals surface area contributed by atoms with Crippen LogP contribution in [-0.4, -0.2) is 50.2 Å². The van der Waals surface area contributed by atoms with Crippen LogP contribution in [0, 0.1) is 5.82 Å². The van der Waals surface area contributed by atoms with E-state index in [2.05, 4.69) is 36.2 Å². The predicted molar refractivity (Wildman–Crippen MR) is 148 cm³/mol. The number of fused-ring (bicyclic) bond motifs is 2. The van der Waals surface area contributed by atoms with Crippen LogP contribution in [0.4, 0.5) is 20.7 Å². The normalized spacial score (nSPS) is 16.6. The minimum atomic E-state index is -0.583. The summed E-state index contributed by atoms with van der Waals surface area (Å²) in [4.78, 5) is 27.6. The summed E-state index contributed by atoms with van der Waals surface area (Å²) in [6, 6.07) is 10.3. The molecule has 2 aromatic heterocycles. The molecule has 2 unspecified atom stereocenters. The molecule has 1 fully saturated rings. The number of rotatable bonds is 5. The van der Waals surface area contributed by atoms with Gasteiger partial charge in [-0.2, -0.15) is 0 Å². The number of carbonyl (C=O) groups excluding carboxylic acids is 1. The Morgan fingerprint density at radius 2 is 2.00 bits per heavy atom. The molecular formula is C28H29BrFN5O3. The van der Waals surface area contributed by atoms with E-state index in [1.807, 2.05) is 39.8 Å². The van der Waals surface area contributed by atoms with Gasteiger partial charge in [0.2, 0.25) is 0 Å². The molecule has 10 heteroatoms. The Labute approximate surface area is 228 Å². The maximum atomic E-state index is 15.3. The molecule has 1 aliphatic heterocycles. The third-order valence-corrected chi connectivity index (χ3v) is 6.88. The molecule has 1 aliphatic rings.